The number of halogens is 1. The number of piperidine rings is 1. The average molecular weight is 534 g/mol. The Bertz CT molecular complexity index is 1400. The molecule has 0 saturated carbocycles. The predicted molar refractivity (Wildman–Crippen MR) is 136 cm³/mol. The summed E-state index contributed by atoms with van der Waals surface area (Å²) in [7, 11) is 0. The lowest BCUT2D eigenvalue weighted by Crippen LogP contribution is -2.36. The molecule has 0 bridgehead atoms. The first kappa shape index (κ1) is 22.9. The summed E-state index contributed by atoms with van der Waals surface area (Å²) in [5, 5.41) is 4.47. The van der Waals surface area contributed by atoms with Gasteiger partial charge in [-0.2, -0.15) is 5.10 Å². The van der Waals surface area contributed by atoms with Crippen molar-refractivity contribution in [2.45, 2.75) is 18.8 Å². The average Bonchev–Trinajstić information content (AvgIpc) is 3.45. The number of carbonyl (C=O) groups excluding carboxylic acids is 2. The smallest absolute Gasteiger partial charge is 0.269 e. The van der Waals surface area contributed by atoms with Gasteiger partial charge in [0.25, 0.3) is 5.91 Å². The van der Waals surface area contributed by atoms with Crippen LogP contribution in [0.4, 0.5) is 0 Å². The molecule has 4 aromatic rings. The first-order chi connectivity index (χ1) is 16.9. The Morgan fingerprint density at radius 1 is 1.09 bits per heavy atom. The molecule has 8 nitrogen and oxygen atoms in total. The van der Waals surface area contributed by atoms with Gasteiger partial charge in [-0.1, -0.05) is 22.5 Å². The van der Waals surface area contributed by atoms with Crippen LogP contribution in [0.5, 0.6) is 11.5 Å². The van der Waals surface area contributed by atoms with E-state index in [1.54, 1.807) is 15.6 Å². The van der Waals surface area contributed by atoms with Crippen LogP contribution in [0, 0.1) is 0 Å². The highest BCUT2D eigenvalue weighted by molar-refractivity contribution is 9.10. The van der Waals surface area contributed by atoms with E-state index in [1.807, 2.05) is 48.5 Å². The minimum Gasteiger partial charge on any atom is -0.457 e. The molecule has 0 radical (unpaired) electrons. The fourth-order valence-corrected chi connectivity index (χ4v) is 4.81. The summed E-state index contributed by atoms with van der Waals surface area (Å²) in [5.41, 5.74) is 9.22. The Hall–Kier alpha value is -3.85. The summed E-state index contributed by atoms with van der Waals surface area (Å²) >= 11 is 3.41. The molecule has 1 fully saturated rings. The number of likely N-dealkylation sites (tertiary alicyclic amines) is 1. The maximum atomic E-state index is 12.4. The minimum atomic E-state index is -0.567. The number of hydrogen-bond acceptors (Lipinski definition) is 4. The predicted octanol–water partition coefficient (Wildman–Crippen LogP) is 4.88. The van der Waals surface area contributed by atoms with Gasteiger partial charge in [0.1, 0.15) is 17.1 Å². The Labute approximate surface area is 210 Å². The van der Waals surface area contributed by atoms with Gasteiger partial charge in [-0.15, -0.1) is 0 Å². The first-order valence-corrected chi connectivity index (χ1v) is 12.1. The monoisotopic (exact) mass is 533 g/mol. The van der Waals surface area contributed by atoms with E-state index in [9.17, 15) is 9.59 Å². The van der Waals surface area contributed by atoms with Crippen molar-refractivity contribution in [2.75, 3.05) is 13.1 Å². The van der Waals surface area contributed by atoms with Crippen molar-refractivity contribution in [2.24, 2.45) is 5.73 Å². The molecule has 35 heavy (non-hydrogen) atoms. The van der Waals surface area contributed by atoms with Crippen LogP contribution >= 0.6 is 15.9 Å². The number of aromatic nitrogens is 3. The molecule has 3 heterocycles. The van der Waals surface area contributed by atoms with Crippen molar-refractivity contribution in [3.05, 3.63) is 83.1 Å². The highest BCUT2D eigenvalue weighted by atomic mass is 79.9. The fraction of sp³-hybridized carbons (Fsp3) is 0.192. The lowest BCUT2D eigenvalue weighted by molar-refractivity contribution is -0.127. The lowest BCUT2D eigenvalue weighted by atomic mass is 9.91. The van der Waals surface area contributed by atoms with Gasteiger partial charge in [-0.3, -0.25) is 9.59 Å². The number of carbonyl (C=O) groups is 2. The molecule has 0 aliphatic carbocycles. The number of aromatic amines is 1. The molecule has 5 rings (SSSR count). The van der Waals surface area contributed by atoms with Gasteiger partial charge in [0, 0.05) is 28.7 Å². The van der Waals surface area contributed by atoms with Crippen molar-refractivity contribution in [3.63, 3.8) is 0 Å². The van der Waals surface area contributed by atoms with Gasteiger partial charge in [0.05, 0.1) is 11.9 Å². The van der Waals surface area contributed by atoms with E-state index in [1.165, 1.54) is 6.08 Å². The van der Waals surface area contributed by atoms with Crippen molar-refractivity contribution in [1.82, 2.24) is 19.5 Å². The largest absolute Gasteiger partial charge is 0.457 e. The normalized spacial score (nSPS) is 14.3. The summed E-state index contributed by atoms with van der Waals surface area (Å²) in [6.45, 7) is 4.88. The molecule has 3 N–H and O–H groups in total. The van der Waals surface area contributed by atoms with Crippen molar-refractivity contribution < 1.29 is 14.3 Å². The third-order valence-electron chi connectivity index (χ3n) is 6.34. The van der Waals surface area contributed by atoms with E-state index < -0.39 is 5.91 Å². The van der Waals surface area contributed by atoms with Crippen LogP contribution in [-0.4, -0.2) is 44.4 Å². The van der Waals surface area contributed by atoms with Crippen LogP contribution in [0.25, 0.3) is 16.9 Å². The standard InChI is InChI=1S/C26H24BrN5O3/c1-2-22(33)31-13-11-16(12-14-31)21-15-29-32-24(25(28)34)23(30-26(21)32)17-3-7-19(8-4-17)35-20-9-5-18(27)6-10-20/h2-10,15-16,30H,1,11-14H2,(H2,28,34). The number of nitrogens with zero attached hydrogens (tertiary/aromatic N) is 3. The number of imidazole rings is 1. The molecule has 2 aromatic heterocycles. The molecule has 2 amide bonds. The minimum absolute atomic E-state index is 0.0469. The van der Waals surface area contributed by atoms with Crippen LogP contribution < -0.4 is 10.5 Å². The molecule has 1 saturated heterocycles. The van der Waals surface area contributed by atoms with Crippen molar-refractivity contribution >= 4 is 33.4 Å². The summed E-state index contributed by atoms with van der Waals surface area (Å²) in [6, 6.07) is 15.0. The maximum Gasteiger partial charge on any atom is 0.269 e. The fourth-order valence-electron chi connectivity index (χ4n) is 4.54. The molecule has 1 aliphatic rings. The number of benzene rings is 2. The Morgan fingerprint density at radius 2 is 1.71 bits per heavy atom. The molecule has 9 heteroatoms. The second kappa shape index (κ2) is 9.42. The molecular weight excluding hydrogens is 510 g/mol. The van der Waals surface area contributed by atoms with Crippen LogP contribution in [-0.2, 0) is 4.79 Å². The number of rotatable bonds is 6. The third kappa shape index (κ3) is 4.46. The summed E-state index contributed by atoms with van der Waals surface area (Å²) in [5.74, 6) is 1.00. The molecule has 2 aromatic carbocycles. The molecule has 0 spiro atoms. The van der Waals surface area contributed by atoms with E-state index in [0.717, 1.165) is 39.8 Å². The van der Waals surface area contributed by atoms with Crippen molar-refractivity contribution in [1.29, 1.82) is 0 Å². The Kier molecular flexibility index (Phi) is 6.17. The summed E-state index contributed by atoms with van der Waals surface area (Å²) in [4.78, 5) is 29.5. The Balaban J connectivity index is 1.42. The van der Waals surface area contributed by atoms with Gasteiger partial charge in [-0.05, 0) is 73.4 Å². The van der Waals surface area contributed by atoms with Gasteiger partial charge in [0.15, 0.2) is 5.69 Å². The molecular formula is C26H24BrN5O3. The number of amides is 2. The SMILES string of the molecule is C=CC(=O)N1CCC(c2cnn3c(C(N)=O)c(-c4ccc(Oc5ccc(Br)cc5)cc4)[nH]c23)CC1. The number of primary amides is 1. The number of fused-ring (bicyclic) bond motifs is 1. The van der Waals surface area contributed by atoms with E-state index in [-0.39, 0.29) is 11.8 Å². The zero-order valence-corrected chi connectivity index (χ0v) is 20.5. The van der Waals surface area contributed by atoms with Gasteiger partial charge in [-0.25, -0.2) is 4.52 Å². The number of nitrogens with two attached hydrogens (primary N) is 1. The molecule has 0 atom stereocenters. The van der Waals surface area contributed by atoms with E-state index in [4.69, 9.17) is 10.5 Å². The lowest BCUT2D eigenvalue weighted by Gasteiger charge is -2.30. The number of ether oxygens (including phenoxy) is 1. The van der Waals surface area contributed by atoms with Gasteiger partial charge in [0.2, 0.25) is 5.91 Å². The zero-order chi connectivity index (χ0) is 24.5. The van der Waals surface area contributed by atoms with E-state index in [0.29, 0.717) is 30.2 Å². The Morgan fingerprint density at radius 3 is 2.31 bits per heavy atom. The van der Waals surface area contributed by atoms with E-state index >= 15 is 0 Å². The van der Waals surface area contributed by atoms with Crippen LogP contribution in [0.15, 0.2) is 71.9 Å². The topological polar surface area (TPSA) is 106 Å². The number of H-pyrrole nitrogens is 1. The third-order valence-corrected chi connectivity index (χ3v) is 6.87. The highest BCUT2D eigenvalue weighted by Crippen LogP contribution is 2.34. The highest BCUT2D eigenvalue weighted by Gasteiger charge is 2.28. The molecule has 0 unspecified atom stereocenters. The number of hydrogen-bond donors (Lipinski definition) is 2. The van der Waals surface area contributed by atoms with E-state index in [2.05, 4.69) is 32.6 Å². The van der Waals surface area contributed by atoms with Crippen LogP contribution in [0.1, 0.15) is 34.8 Å². The first-order valence-electron chi connectivity index (χ1n) is 11.3. The zero-order valence-electron chi connectivity index (χ0n) is 18.9. The quantitative estimate of drug-likeness (QED) is 0.344. The number of nitrogens with one attached hydrogen (secondary N) is 1. The molecule has 1 aliphatic heterocycles. The molecule has 178 valence electrons. The summed E-state index contributed by atoms with van der Waals surface area (Å²) in [6.07, 6.45) is 4.75. The summed E-state index contributed by atoms with van der Waals surface area (Å²) < 4.78 is 8.47. The van der Waals surface area contributed by atoms with Gasteiger partial charge >= 0.3 is 0 Å². The second-order valence-corrected chi connectivity index (χ2v) is 9.37. The van der Waals surface area contributed by atoms with Crippen LogP contribution in [0.3, 0.4) is 0 Å². The van der Waals surface area contributed by atoms with Crippen LogP contribution in [0.2, 0.25) is 0 Å². The van der Waals surface area contributed by atoms with Crippen molar-refractivity contribution in [3.8, 4) is 22.8 Å². The maximum absolute atomic E-state index is 12.4. The second-order valence-electron chi connectivity index (χ2n) is 8.46. The van der Waals surface area contributed by atoms with Gasteiger partial charge < -0.3 is 20.4 Å².